The Labute approximate surface area is 163 Å². The van der Waals surface area contributed by atoms with Gasteiger partial charge in [0.05, 0.1) is 0 Å². The molecule has 0 saturated carbocycles. The molecule has 0 bridgehead atoms. The number of amides is 1. The molecule has 1 amide bonds. The maximum atomic E-state index is 12.9. The molecule has 2 N–H and O–H groups in total. The van der Waals surface area contributed by atoms with Gasteiger partial charge in [-0.1, -0.05) is 0 Å². The van der Waals surface area contributed by atoms with Crippen LogP contribution in [0.1, 0.15) is 23.2 Å². The second-order valence-electron chi connectivity index (χ2n) is 7.02. The molecule has 2 aliphatic heterocycles. The zero-order valence-corrected chi connectivity index (χ0v) is 15.6. The minimum absolute atomic E-state index is 0.181. The van der Waals surface area contributed by atoms with Gasteiger partial charge in [0.1, 0.15) is 5.82 Å². The largest absolute Gasteiger partial charge is 0.454 e. The minimum Gasteiger partial charge on any atom is -0.454 e. The van der Waals surface area contributed by atoms with Gasteiger partial charge in [-0.15, -0.1) is 0 Å². The molecule has 4 rings (SSSR count). The molecule has 7 heteroatoms. The van der Waals surface area contributed by atoms with Crippen LogP contribution < -0.4 is 25.0 Å². The Morgan fingerprint density at radius 3 is 2.57 bits per heavy atom. The molecule has 0 radical (unpaired) electrons. The Morgan fingerprint density at radius 1 is 1.04 bits per heavy atom. The summed E-state index contributed by atoms with van der Waals surface area (Å²) in [6, 6.07) is 12.1. The standard InChI is InChI=1S/C21H24FN3O3/c22-16-3-1-15(2-4-16)21(26)24-10-9-23-17-7-11-25(12-8-17)18-5-6-19-20(13-18)28-14-27-19/h1-6,13,17,23H,7-12,14H2,(H,24,26). The van der Waals surface area contributed by atoms with E-state index in [1.165, 1.54) is 24.3 Å². The van der Waals surface area contributed by atoms with Gasteiger partial charge in [0.15, 0.2) is 11.5 Å². The molecule has 0 unspecified atom stereocenters. The van der Waals surface area contributed by atoms with E-state index in [2.05, 4.69) is 21.6 Å². The average Bonchev–Trinajstić information content (AvgIpc) is 3.20. The lowest BCUT2D eigenvalue weighted by molar-refractivity contribution is 0.0953. The van der Waals surface area contributed by atoms with E-state index in [-0.39, 0.29) is 11.7 Å². The third-order valence-electron chi connectivity index (χ3n) is 5.17. The number of piperidine rings is 1. The van der Waals surface area contributed by atoms with Gasteiger partial charge >= 0.3 is 0 Å². The molecule has 2 aromatic rings. The Balaban J connectivity index is 1.17. The van der Waals surface area contributed by atoms with E-state index in [0.717, 1.165) is 43.1 Å². The molecule has 0 aliphatic carbocycles. The van der Waals surface area contributed by atoms with Crippen molar-refractivity contribution in [1.82, 2.24) is 10.6 Å². The smallest absolute Gasteiger partial charge is 0.251 e. The molecule has 2 aliphatic rings. The number of nitrogens with zero attached hydrogens (tertiary/aromatic N) is 1. The minimum atomic E-state index is -0.342. The highest BCUT2D eigenvalue weighted by Crippen LogP contribution is 2.36. The number of rotatable bonds is 6. The van der Waals surface area contributed by atoms with Crippen molar-refractivity contribution in [1.29, 1.82) is 0 Å². The van der Waals surface area contributed by atoms with Crippen LogP contribution >= 0.6 is 0 Å². The summed E-state index contributed by atoms with van der Waals surface area (Å²) in [6.07, 6.45) is 2.08. The lowest BCUT2D eigenvalue weighted by Crippen LogP contribution is -2.44. The number of hydrogen-bond donors (Lipinski definition) is 2. The zero-order valence-electron chi connectivity index (χ0n) is 15.6. The lowest BCUT2D eigenvalue weighted by atomic mass is 10.0. The van der Waals surface area contributed by atoms with E-state index in [1.54, 1.807) is 0 Å². The Hall–Kier alpha value is -2.80. The van der Waals surface area contributed by atoms with Gasteiger partial charge in [0, 0.05) is 49.5 Å². The van der Waals surface area contributed by atoms with E-state index in [0.29, 0.717) is 31.5 Å². The van der Waals surface area contributed by atoms with Crippen molar-refractivity contribution in [3.8, 4) is 11.5 Å². The summed E-state index contributed by atoms with van der Waals surface area (Å²) in [6.45, 7) is 3.49. The first-order chi connectivity index (χ1) is 13.7. The van der Waals surface area contributed by atoms with Gasteiger partial charge in [-0.3, -0.25) is 4.79 Å². The Morgan fingerprint density at radius 2 is 1.79 bits per heavy atom. The van der Waals surface area contributed by atoms with Crippen molar-refractivity contribution in [2.75, 3.05) is 37.9 Å². The van der Waals surface area contributed by atoms with Crippen LogP contribution in [0.4, 0.5) is 10.1 Å². The third-order valence-corrected chi connectivity index (χ3v) is 5.17. The van der Waals surface area contributed by atoms with E-state index in [4.69, 9.17) is 9.47 Å². The topological polar surface area (TPSA) is 62.8 Å². The molecule has 0 spiro atoms. The van der Waals surface area contributed by atoms with Crippen LogP contribution in [0.3, 0.4) is 0 Å². The monoisotopic (exact) mass is 385 g/mol. The van der Waals surface area contributed by atoms with Crippen LogP contribution in [0.15, 0.2) is 42.5 Å². The van der Waals surface area contributed by atoms with Crippen molar-refractivity contribution < 1.29 is 18.7 Å². The molecular formula is C21H24FN3O3. The van der Waals surface area contributed by atoms with Crippen LogP contribution in [-0.2, 0) is 0 Å². The summed E-state index contributed by atoms with van der Waals surface area (Å²) in [5.41, 5.74) is 1.63. The second-order valence-corrected chi connectivity index (χ2v) is 7.02. The molecule has 148 valence electrons. The van der Waals surface area contributed by atoms with Gasteiger partial charge in [-0.2, -0.15) is 0 Å². The van der Waals surface area contributed by atoms with Gasteiger partial charge in [0.2, 0.25) is 6.79 Å². The SMILES string of the molecule is O=C(NCCNC1CCN(c2ccc3c(c2)OCO3)CC1)c1ccc(F)cc1. The molecule has 0 aromatic heterocycles. The molecule has 6 nitrogen and oxygen atoms in total. The van der Waals surface area contributed by atoms with Gasteiger partial charge in [-0.25, -0.2) is 4.39 Å². The average molecular weight is 385 g/mol. The predicted octanol–water partition coefficient (Wildman–Crippen LogP) is 2.54. The van der Waals surface area contributed by atoms with Gasteiger partial charge < -0.3 is 25.0 Å². The molecule has 2 aromatic carbocycles. The highest BCUT2D eigenvalue weighted by atomic mass is 19.1. The number of hydrogen-bond acceptors (Lipinski definition) is 5. The number of halogens is 1. The molecule has 2 heterocycles. The third kappa shape index (κ3) is 4.36. The second kappa shape index (κ2) is 8.48. The fourth-order valence-corrected chi connectivity index (χ4v) is 3.58. The number of fused-ring (bicyclic) bond motifs is 1. The van der Waals surface area contributed by atoms with Crippen molar-refractivity contribution in [2.24, 2.45) is 0 Å². The fourth-order valence-electron chi connectivity index (χ4n) is 3.58. The maximum Gasteiger partial charge on any atom is 0.251 e. The molecule has 1 saturated heterocycles. The van der Waals surface area contributed by atoms with E-state index in [9.17, 15) is 9.18 Å². The fraction of sp³-hybridized carbons (Fsp3) is 0.381. The Bertz CT molecular complexity index is 820. The van der Waals surface area contributed by atoms with E-state index >= 15 is 0 Å². The highest BCUT2D eigenvalue weighted by molar-refractivity contribution is 5.94. The molecule has 28 heavy (non-hydrogen) atoms. The Kier molecular flexibility index (Phi) is 5.62. The van der Waals surface area contributed by atoms with Crippen molar-refractivity contribution in [2.45, 2.75) is 18.9 Å². The number of carbonyl (C=O) groups is 1. The quantitative estimate of drug-likeness (QED) is 0.749. The van der Waals surface area contributed by atoms with E-state index in [1.807, 2.05) is 12.1 Å². The highest BCUT2D eigenvalue weighted by Gasteiger charge is 2.21. The van der Waals surface area contributed by atoms with Crippen LogP contribution in [0.5, 0.6) is 11.5 Å². The maximum absolute atomic E-state index is 12.9. The summed E-state index contributed by atoms with van der Waals surface area (Å²) in [7, 11) is 0. The zero-order chi connectivity index (χ0) is 19.3. The van der Waals surface area contributed by atoms with Crippen LogP contribution in [0, 0.1) is 5.82 Å². The first-order valence-corrected chi connectivity index (χ1v) is 9.61. The number of nitrogens with one attached hydrogen (secondary N) is 2. The first kappa shape index (κ1) is 18.6. The van der Waals surface area contributed by atoms with Crippen LogP contribution in [0.25, 0.3) is 0 Å². The summed E-state index contributed by atoms with van der Waals surface area (Å²) in [5.74, 6) is 1.10. The molecule has 1 fully saturated rings. The van der Waals surface area contributed by atoms with Gasteiger partial charge in [0.25, 0.3) is 5.91 Å². The normalized spacial score (nSPS) is 16.2. The molecular weight excluding hydrogens is 361 g/mol. The summed E-state index contributed by atoms with van der Waals surface area (Å²) in [4.78, 5) is 14.4. The van der Waals surface area contributed by atoms with Crippen LogP contribution in [-0.4, -0.2) is 44.9 Å². The van der Waals surface area contributed by atoms with Gasteiger partial charge in [-0.05, 0) is 49.2 Å². The predicted molar refractivity (Wildman–Crippen MR) is 105 cm³/mol. The summed E-state index contributed by atoms with van der Waals surface area (Å²) in [5, 5.41) is 6.36. The van der Waals surface area contributed by atoms with E-state index < -0.39 is 0 Å². The first-order valence-electron chi connectivity index (χ1n) is 9.61. The number of ether oxygens (including phenoxy) is 2. The van der Waals surface area contributed by atoms with Crippen molar-refractivity contribution >= 4 is 11.6 Å². The lowest BCUT2D eigenvalue weighted by Gasteiger charge is -2.34. The number of anilines is 1. The van der Waals surface area contributed by atoms with Crippen molar-refractivity contribution in [3.63, 3.8) is 0 Å². The summed E-state index contributed by atoms with van der Waals surface area (Å²) < 4.78 is 23.7. The van der Waals surface area contributed by atoms with Crippen molar-refractivity contribution in [3.05, 3.63) is 53.8 Å². The number of carbonyl (C=O) groups excluding carboxylic acids is 1. The summed E-state index contributed by atoms with van der Waals surface area (Å²) >= 11 is 0. The molecule has 0 atom stereocenters. The number of benzene rings is 2. The van der Waals surface area contributed by atoms with Crippen LogP contribution in [0.2, 0.25) is 0 Å².